The Morgan fingerprint density at radius 1 is 1.39 bits per heavy atom. The van der Waals surface area contributed by atoms with Crippen LogP contribution in [-0.2, 0) is 10.0 Å². The van der Waals surface area contributed by atoms with E-state index < -0.39 is 10.0 Å². The van der Waals surface area contributed by atoms with Crippen molar-refractivity contribution >= 4 is 15.8 Å². The summed E-state index contributed by atoms with van der Waals surface area (Å²) in [7, 11) is -1.94. The summed E-state index contributed by atoms with van der Waals surface area (Å²) >= 11 is 0. The van der Waals surface area contributed by atoms with E-state index in [0.29, 0.717) is 18.7 Å². The van der Waals surface area contributed by atoms with Gasteiger partial charge in [0.05, 0.1) is 4.90 Å². The Morgan fingerprint density at radius 2 is 2.06 bits per heavy atom. The van der Waals surface area contributed by atoms with Crippen LogP contribution in [0.3, 0.4) is 0 Å². The van der Waals surface area contributed by atoms with Crippen LogP contribution in [0.1, 0.15) is 17.3 Å². The molecule has 0 aromatic heterocycles. The van der Waals surface area contributed by atoms with Crippen molar-refractivity contribution in [2.45, 2.75) is 17.9 Å². The summed E-state index contributed by atoms with van der Waals surface area (Å²) in [6, 6.07) is 6.16. The number of carbonyl (C=O) groups is 1. The lowest BCUT2D eigenvalue weighted by Crippen LogP contribution is -2.57. The van der Waals surface area contributed by atoms with E-state index in [9.17, 15) is 13.2 Å². The van der Waals surface area contributed by atoms with E-state index in [1.807, 2.05) is 0 Å². The molecule has 18 heavy (non-hydrogen) atoms. The Bertz CT molecular complexity index is 564. The van der Waals surface area contributed by atoms with Crippen molar-refractivity contribution in [1.82, 2.24) is 9.62 Å². The van der Waals surface area contributed by atoms with Gasteiger partial charge in [0, 0.05) is 31.7 Å². The van der Waals surface area contributed by atoms with Gasteiger partial charge < -0.3 is 5.32 Å². The number of carbonyl (C=O) groups excluding carboxylic acids is 1. The molecule has 0 bridgehead atoms. The third-order valence-corrected chi connectivity index (χ3v) is 5.10. The zero-order valence-corrected chi connectivity index (χ0v) is 11.2. The van der Waals surface area contributed by atoms with Gasteiger partial charge in [0.2, 0.25) is 10.0 Å². The first-order chi connectivity index (χ1) is 8.43. The van der Waals surface area contributed by atoms with Gasteiger partial charge in [-0.1, -0.05) is 12.1 Å². The van der Waals surface area contributed by atoms with Gasteiger partial charge in [0.25, 0.3) is 0 Å². The van der Waals surface area contributed by atoms with Gasteiger partial charge >= 0.3 is 0 Å². The van der Waals surface area contributed by atoms with Gasteiger partial charge in [0.15, 0.2) is 5.78 Å². The van der Waals surface area contributed by atoms with Crippen molar-refractivity contribution in [2.75, 3.05) is 20.1 Å². The Labute approximate surface area is 107 Å². The summed E-state index contributed by atoms with van der Waals surface area (Å²) in [5, 5.41) is 3.04. The molecule has 0 unspecified atom stereocenters. The maximum absolute atomic E-state index is 12.3. The van der Waals surface area contributed by atoms with E-state index in [0.717, 1.165) is 0 Å². The quantitative estimate of drug-likeness (QED) is 0.807. The molecule has 0 aliphatic carbocycles. The topological polar surface area (TPSA) is 66.5 Å². The number of Topliss-reactive ketones (excluding diaryl/α,β-unsaturated/α-hetero) is 1. The summed E-state index contributed by atoms with van der Waals surface area (Å²) in [6.45, 7) is 2.76. The molecular weight excluding hydrogens is 252 g/mol. The molecule has 5 nitrogen and oxygen atoms in total. The van der Waals surface area contributed by atoms with Gasteiger partial charge in [0.1, 0.15) is 0 Å². The van der Waals surface area contributed by atoms with Crippen LogP contribution in [-0.4, -0.2) is 44.7 Å². The van der Waals surface area contributed by atoms with Gasteiger partial charge in [-0.25, -0.2) is 8.42 Å². The van der Waals surface area contributed by atoms with Crippen LogP contribution in [0.5, 0.6) is 0 Å². The first-order valence-electron chi connectivity index (χ1n) is 5.72. The minimum Gasteiger partial charge on any atom is -0.313 e. The lowest BCUT2D eigenvalue weighted by atomic mass is 10.2. The van der Waals surface area contributed by atoms with Crippen LogP contribution in [0.2, 0.25) is 0 Å². The summed E-state index contributed by atoms with van der Waals surface area (Å²) in [6.07, 6.45) is 0. The maximum atomic E-state index is 12.3. The van der Waals surface area contributed by atoms with Crippen molar-refractivity contribution in [3.63, 3.8) is 0 Å². The van der Waals surface area contributed by atoms with E-state index in [1.54, 1.807) is 19.2 Å². The highest BCUT2D eigenvalue weighted by Gasteiger charge is 2.31. The molecule has 1 aromatic carbocycles. The molecule has 98 valence electrons. The molecule has 0 spiro atoms. The number of likely N-dealkylation sites (N-methyl/N-ethyl adjacent to an activating group) is 1. The Kier molecular flexibility index (Phi) is 3.52. The SMILES string of the molecule is CC(=O)c1cccc(S(=O)(=O)N(C)C2CNC2)c1. The van der Waals surface area contributed by atoms with Crippen LogP contribution in [0.15, 0.2) is 29.2 Å². The second-order valence-electron chi connectivity index (χ2n) is 4.42. The molecule has 1 fully saturated rings. The normalized spacial score (nSPS) is 16.6. The van der Waals surface area contributed by atoms with Crippen LogP contribution in [0, 0.1) is 0 Å². The zero-order chi connectivity index (χ0) is 13.3. The lowest BCUT2D eigenvalue weighted by Gasteiger charge is -2.34. The number of sulfonamides is 1. The van der Waals surface area contributed by atoms with Crippen molar-refractivity contribution in [2.24, 2.45) is 0 Å². The van der Waals surface area contributed by atoms with Crippen LogP contribution < -0.4 is 5.32 Å². The molecule has 0 saturated carbocycles. The number of nitrogens with one attached hydrogen (secondary N) is 1. The molecule has 1 aromatic rings. The number of hydrogen-bond acceptors (Lipinski definition) is 4. The molecule has 0 radical (unpaired) electrons. The third-order valence-electron chi connectivity index (χ3n) is 3.19. The molecule has 1 aliphatic heterocycles. The highest BCUT2D eigenvalue weighted by molar-refractivity contribution is 7.89. The minimum absolute atomic E-state index is 0.00372. The fourth-order valence-electron chi connectivity index (χ4n) is 1.77. The van der Waals surface area contributed by atoms with Gasteiger partial charge in [-0.05, 0) is 19.1 Å². The molecule has 0 atom stereocenters. The highest BCUT2D eigenvalue weighted by atomic mass is 32.2. The average Bonchev–Trinajstić information content (AvgIpc) is 2.26. The standard InChI is InChI=1S/C12H16N2O3S/c1-9(15)10-4-3-5-12(6-10)18(16,17)14(2)11-7-13-8-11/h3-6,11,13H,7-8H2,1-2H3. The molecule has 1 N–H and O–H groups in total. The molecule has 1 heterocycles. The number of rotatable bonds is 4. The van der Waals surface area contributed by atoms with E-state index in [4.69, 9.17) is 0 Å². The molecule has 0 amide bonds. The monoisotopic (exact) mass is 268 g/mol. The van der Waals surface area contributed by atoms with Crippen molar-refractivity contribution in [3.05, 3.63) is 29.8 Å². The summed E-state index contributed by atoms with van der Waals surface area (Å²) < 4.78 is 26.0. The highest BCUT2D eigenvalue weighted by Crippen LogP contribution is 2.19. The van der Waals surface area contributed by atoms with E-state index >= 15 is 0 Å². The lowest BCUT2D eigenvalue weighted by molar-refractivity contribution is 0.101. The Balaban J connectivity index is 2.34. The van der Waals surface area contributed by atoms with Gasteiger partial charge in [-0.15, -0.1) is 0 Å². The van der Waals surface area contributed by atoms with Crippen LogP contribution >= 0.6 is 0 Å². The first-order valence-corrected chi connectivity index (χ1v) is 7.16. The summed E-state index contributed by atoms with van der Waals surface area (Å²) in [5.74, 6) is -0.139. The van der Waals surface area contributed by atoms with Crippen LogP contribution in [0.4, 0.5) is 0 Å². The molecule has 1 aliphatic rings. The molecule has 1 saturated heterocycles. The largest absolute Gasteiger partial charge is 0.313 e. The predicted molar refractivity (Wildman–Crippen MR) is 68.1 cm³/mol. The predicted octanol–water partition coefficient (Wildman–Crippen LogP) is 0.482. The Morgan fingerprint density at radius 3 is 2.56 bits per heavy atom. The fourth-order valence-corrected chi connectivity index (χ4v) is 3.17. The summed E-state index contributed by atoms with van der Waals surface area (Å²) in [5.41, 5.74) is 0.413. The number of hydrogen-bond donors (Lipinski definition) is 1. The number of benzene rings is 1. The number of ketones is 1. The van der Waals surface area contributed by atoms with Crippen molar-refractivity contribution in [3.8, 4) is 0 Å². The van der Waals surface area contributed by atoms with E-state index in [2.05, 4.69) is 5.32 Å². The van der Waals surface area contributed by atoms with Gasteiger partial charge in [-0.3, -0.25) is 4.79 Å². The van der Waals surface area contributed by atoms with Crippen molar-refractivity contribution < 1.29 is 13.2 Å². The maximum Gasteiger partial charge on any atom is 0.243 e. The average molecular weight is 268 g/mol. The van der Waals surface area contributed by atoms with Gasteiger partial charge in [-0.2, -0.15) is 4.31 Å². The van der Waals surface area contributed by atoms with Crippen molar-refractivity contribution in [1.29, 1.82) is 0 Å². The minimum atomic E-state index is -3.51. The molecular formula is C12H16N2O3S. The molecule has 6 heteroatoms. The zero-order valence-electron chi connectivity index (χ0n) is 10.4. The first kappa shape index (κ1) is 13.2. The second-order valence-corrected chi connectivity index (χ2v) is 6.41. The smallest absolute Gasteiger partial charge is 0.243 e. The fraction of sp³-hybridized carbons (Fsp3) is 0.417. The third kappa shape index (κ3) is 2.31. The van der Waals surface area contributed by atoms with E-state index in [-0.39, 0.29) is 16.7 Å². The summed E-state index contributed by atoms with van der Waals surface area (Å²) in [4.78, 5) is 11.4. The van der Waals surface area contributed by atoms with Crippen LogP contribution in [0.25, 0.3) is 0 Å². The Hall–Kier alpha value is -1.24. The second kappa shape index (κ2) is 4.79. The van der Waals surface area contributed by atoms with E-state index in [1.165, 1.54) is 23.4 Å². The molecule has 2 rings (SSSR count). The number of nitrogens with zero attached hydrogens (tertiary/aromatic N) is 1.